The topological polar surface area (TPSA) is 18.5 Å². The first kappa shape index (κ1) is 33.7. The molecule has 40 heavy (non-hydrogen) atoms. The van der Waals surface area contributed by atoms with E-state index in [1.807, 2.05) is 0 Å². The van der Waals surface area contributed by atoms with Gasteiger partial charge in [-0.3, -0.25) is 0 Å². The Kier molecular flexibility index (Phi) is 17.0. The summed E-state index contributed by atoms with van der Waals surface area (Å²) < 4.78 is 15.1. The monoisotopic (exact) mass is 710 g/mol. The van der Waals surface area contributed by atoms with Crippen molar-refractivity contribution in [3.8, 4) is 32.4 Å². The molecule has 2 nitrogen and oxygen atoms in total. The molecular formula is C34H48Br2O2S2. The average Bonchev–Trinajstić information content (AvgIpc) is 3.59. The number of halogens is 2. The highest BCUT2D eigenvalue weighted by molar-refractivity contribution is 9.11. The van der Waals surface area contributed by atoms with Gasteiger partial charge in [-0.05, 0) is 79.7 Å². The predicted octanol–water partition coefficient (Wildman–Crippen LogP) is 13.7. The Morgan fingerprint density at radius 1 is 0.525 bits per heavy atom. The quantitative estimate of drug-likeness (QED) is 0.0966. The Labute approximate surface area is 268 Å². The number of hydrogen-bond donors (Lipinski definition) is 0. The van der Waals surface area contributed by atoms with Gasteiger partial charge in [0.1, 0.15) is 0 Å². The highest BCUT2D eigenvalue weighted by Gasteiger charge is 2.20. The van der Waals surface area contributed by atoms with Crippen molar-refractivity contribution in [2.45, 2.75) is 117 Å². The first-order chi connectivity index (χ1) is 19.7. The molecule has 6 heteroatoms. The molecule has 0 radical (unpaired) electrons. The molecule has 3 aromatic rings. The number of unbranched alkanes of at least 4 members (excludes halogenated alkanes) is 14. The van der Waals surface area contributed by atoms with Crippen LogP contribution in [0.2, 0.25) is 0 Å². The van der Waals surface area contributed by atoms with Crippen LogP contribution < -0.4 is 9.47 Å². The molecule has 0 saturated carbocycles. The van der Waals surface area contributed by atoms with Gasteiger partial charge in [0.2, 0.25) is 0 Å². The molecular weight excluding hydrogens is 664 g/mol. The molecule has 1 aromatic carbocycles. The number of benzene rings is 1. The van der Waals surface area contributed by atoms with Crippen molar-refractivity contribution in [2.75, 3.05) is 13.2 Å². The zero-order chi connectivity index (χ0) is 28.4. The maximum Gasteiger partial charge on any atom is 0.161 e. The molecule has 0 aliphatic carbocycles. The second-order valence-corrected chi connectivity index (χ2v) is 14.2. The SMILES string of the molecule is CCCCCCCCCCOc1cc(-c2sccc2Br)c(-c2sccc2Br)cc1OCCCCCCCCCC. The van der Waals surface area contributed by atoms with Gasteiger partial charge in [0.05, 0.1) is 13.2 Å². The Balaban J connectivity index is 1.68. The lowest BCUT2D eigenvalue weighted by Crippen LogP contribution is -2.04. The maximum absolute atomic E-state index is 6.45. The third kappa shape index (κ3) is 11.5. The lowest BCUT2D eigenvalue weighted by Gasteiger charge is -2.18. The van der Waals surface area contributed by atoms with E-state index in [0.29, 0.717) is 0 Å². The minimum absolute atomic E-state index is 0.732. The summed E-state index contributed by atoms with van der Waals surface area (Å²) in [5, 5.41) is 4.28. The van der Waals surface area contributed by atoms with Crippen LogP contribution in [0.1, 0.15) is 117 Å². The van der Waals surface area contributed by atoms with Crippen LogP contribution in [0.3, 0.4) is 0 Å². The van der Waals surface area contributed by atoms with Gasteiger partial charge in [0, 0.05) is 29.8 Å². The van der Waals surface area contributed by atoms with Crippen LogP contribution in [0.15, 0.2) is 44.0 Å². The Morgan fingerprint density at radius 3 is 1.20 bits per heavy atom. The molecule has 0 fully saturated rings. The summed E-state index contributed by atoms with van der Waals surface area (Å²) in [5.41, 5.74) is 2.38. The summed E-state index contributed by atoms with van der Waals surface area (Å²) in [6, 6.07) is 8.68. The van der Waals surface area contributed by atoms with Crippen LogP contribution >= 0.6 is 54.5 Å². The summed E-state index contributed by atoms with van der Waals surface area (Å²) in [6.45, 7) is 6.02. The standard InChI is InChI=1S/C34H48Br2O2S2/c1-3-5-7-9-11-13-15-17-21-37-31-25-27(33-29(35)19-23-39-33)28(34-30(36)20-24-40-34)26-32(31)38-22-18-16-14-12-10-8-6-4-2/h19-20,23-26H,3-18,21-22H2,1-2H3. The first-order valence-corrected chi connectivity index (χ1v) is 18.9. The second kappa shape index (κ2) is 20.1. The summed E-state index contributed by atoms with van der Waals surface area (Å²) in [6.07, 6.45) is 20.7. The lowest BCUT2D eigenvalue weighted by atomic mass is 10.0. The molecule has 0 saturated heterocycles. The van der Waals surface area contributed by atoms with Crippen LogP contribution in [0, 0.1) is 0 Å². The predicted molar refractivity (Wildman–Crippen MR) is 185 cm³/mol. The summed E-state index contributed by atoms with van der Waals surface area (Å²) in [5.74, 6) is 1.74. The molecule has 2 heterocycles. The van der Waals surface area contributed by atoms with Gasteiger partial charge in [-0.1, -0.05) is 104 Å². The van der Waals surface area contributed by atoms with Crippen molar-refractivity contribution >= 4 is 54.5 Å². The van der Waals surface area contributed by atoms with E-state index in [2.05, 4.69) is 80.7 Å². The smallest absolute Gasteiger partial charge is 0.161 e. The molecule has 0 unspecified atom stereocenters. The summed E-state index contributed by atoms with van der Waals surface area (Å²) >= 11 is 11.1. The van der Waals surface area contributed by atoms with Crippen LogP contribution in [0.5, 0.6) is 11.5 Å². The highest BCUT2D eigenvalue weighted by Crippen LogP contribution is 2.48. The van der Waals surface area contributed by atoms with Gasteiger partial charge in [-0.25, -0.2) is 0 Å². The number of ether oxygens (including phenoxy) is 2. The van der Waals surface area contributed by atoms with E-state index in [-0.39, 0.29) is 0 Å². The van der Waals surface area contributed by atoms with E-state index >= 15 is 0 Å². The van der Waals surface area contributed by atoms with E-state index in [1.165, 1.54) is 111 Å². The van der Waals surface area contributed by atoms with Gasteiger partial charge in [-0.15, -0.1) is 22.7 Å². The third-order valence-corrected chi connectivity index (χ3v) is 11.1. The molecule has 2 aromatic heterocycles. The molecule has 0 aliphatic heterocycles. The van der Waals surface area contributed by atoms with E-state index in [4.69, 9.17) is 9.47 Å². The Bertz CT molecular complexity index is 1010. The minimum Gasteiger partial charge on any atom is -0.490 e. The fraction of sp³-hybridized carbons (Fsp3) is 0.588. The molecule has 0 aliphatic rings. The summed E-state index contributed by atoms with van der Waals surface area (Å²) in [7, 11) is 0. The number of rotatable bonds is 22. The normalized spacial score (nSPS) is 11.3. The molecule has 3 rings (SSSR count). The zero-order valence-electron chi connectivity index (χ0n) is 24.6. The van der Waals surface area contributed by atoms with Gasteiger partial charge in [0.25, 0.3) is 0 Å². The van der Waals surface area contributed by atoms with Crippen LogP contribution in [0.25, 0.3) is 20.9 Å². The second-order valence-electron chi connectivity index (χ2n) is 10.7. The van der Waals surface area contributed by atoms with Gasteiger partial charge < -0.3 is 9.47 Å². The number of thiophene rings is 2. The lowest BCUT2D eigenvalue weighted by molar-refractivity contribution is 0.258. The van der Waals surface area contributed by atoms with Gasteiger partial charge >= 0.3 is 0 Å². The largest absolute Gasteiger partial charge is 0.490 e. The molecule has 222 valence electrons. The minimum atomic E-state index is 0.732. The van der Waals surface area contributed by atoms with E-state index in [1.54, 1.807) is 22.7 Å². The molecule has 0 spiro atoms. The highest BCUT2D eigenvalue weighted by atomic mass is 79.9. The first-order valence-electron chi connectivity index (χ1n) is 15.6. The van der Waals surface area contributed by atoms with E-state index < -0.39 is 0 Å². The summed E-state index contributed by atoms with van der Waals surface area (Å²) in [4.78, 5) is 2.45. The third-order valence-electron chi connectivity index (χ3n) is 7.32. The van der Waals surface area contributed by atoms with E-state index in [0.717, 1.165) is 46.5 Å². The van der Waals surface area contributed by atoms with Crippen molar-refractivity contribution in [3.63, 3.8) is 0 Å². The van der Waals surface area contributed by atoms with Crippen molar-refractivity contribution < 1.29 is 9.47 Å². The molecule has 0 amide bonds. The molecule has 0 bridgehead atoms. The van der Waals surface area contributed by atoms with E-state index in [9.17, 15) is 0 Å². The van der Waals surface area contributed by atoms with Crippen molar-refractivity contribution in [2.24, 2.45) is 0 Å². The Hall–Kier alpha value is -0.820. The fourth-order valence-electron chi connectivity index (χ4n) is 4.97. The van der Waals surface area contributed by atoms with Gasteiger partial charge in [-0.2, -0.15) is 0 Å². The fourth-order valence-corrected chi connectivity index (χ4v) is 8.20. The zero-order valence-corrected chi connectivity index (χ0v) is 29.4. The van der Waals surface area contributed by atoms with Crippen molar-refractivity contribution in [3.05, 3.63) is 44.0 Å². The van der Waals surface area contributed by atoms with Crippen LogP contribution in [-0.4, -0.2) is 13.2 Å². The van der Waals surface area contributed by atoms with Gasteiger partial charge in [0.15, 0.2) is 11.5 Å². The Morgan fingerprint density at radius 2 is 0.875 bits per heavy atom. The number of hydrogen-bond acceptors (Lipinski definition) is 4. The van der Waals surface area contributed by atoms with Crippen molar-refractivity contribution in [1.29, 1.82) is 0 Å². The van der Waals surface area contributed by atoms with Crippen LogP contribution in [-0.2, 0) is 0 Å². The van der Waals surface area contributed by atoms with Crippen LogP contribution in [0.4, 0.5) is 0 Å². The van der Waals surface area contributed by atoms with Crippen molar-refractivity contribution in [1.82, 2.24) is 0 Å². The molecule has 0 N–H and O–H groups in total. The molecule has 0 atom stereocenters. The maximum atomic E-state index is 6.45. The average molecular weight is 713 g/mol.